The van der Waals surface area contributed by atoms with Crippen molar-refractivity contribution in [2.45, 2.75) is 38.0 Å². The maximum Gasteiger partial charge on any atom is 0.417 e. The summed E-state index contributed by atoms with van der Waals surface area (Å²) in [6.45, 7) is -0.271. The summed E-state index contributed by atoms with van der Waals surface area (Å²) in [6, 6.07) is -0.000777. The van der Waals surface area contributed by atoms with E-state index in [1.807, 2.05) is 0 Å². The molecule has 140 valence electrons. The van der Waals surface area contributed by atoms with Gasteiger partial charge in [0.25, 0.3) is 0 Å². The molecule has 0 aliphatic carbocycles. The summed E-state index contributed by atoms with van der Waals surface area (Å²) in [6.07, 6.45) is -2.19. The average molecular weight is 391 g/mol. The van der Waals surface area contributed by atoms with E-state index in [1.54, 1.807) is 0 Å². The number of rotatable bonds is 3. The molecule has 1 aliphatic rings. The van der Waals surface area contributed by atoms with Gasteiger partial charge < -0.3 is 4.74 Å². The molecule has 0 spiro atoms. The van der Waals surface area contributed by atoms with Gasteiger partial charge in [0.15, 0.2) is 0 Å². The summed E-state index contributed by atoms with van der Waals surface area (Å²) < 4.78 is 45.8. The summed E-state index contributed by atoms with van der Waals surface area (Å²) in [5.41, 5.74) is -1.65. The lowest BCUT2D eigenvalue weighted by molar-refractivity contribution is -0.145. The number of ether oxygens (including phenoxy) is 1. The third-order valence-electron chi connectivity index (χ3n) is 4.13. The lowest BCUT2D eigenvalue weighted by Gasteiger charge is -2.20. The molecule has 3 rings (SSSR count). The van der Waals surface area contributed by atoms with Crippen LogP contribution in [0.1, 0.15) is 36.0 Å². The van der Waals surface area contributed by atoms with Crippen molar-refractivity contribution in [1.29, 1.82) is 0 Å². The minimum absolute atomic E-state index is 0.0195. The first-order valence-electron chi connectivity index (χ1n) is 7.70. The Labute approximate surface area is 150 Å². The van der Waals surface area contributed by atoms with Gasteiger partial charge in [-0.3, -0.25) is 9.55 Å². The van der Waals surface area contributed by atoms with Gasteiger partial charge >= 0.3 is 17.8 Å². The molecule has 7 nitrogen and oxygen atoms in total. The van der Waals surface area contributed by atoms with Gasteiger partial charge in [0.05, 0.1) is 29.9 Å². The highest BCUT2D eigenvalue weighted by atomic mass is 35.5. The van der Waals surface area contributed by atoms with Crippen LogP contribution >= 0.6 is 11.6 Å². The van der Waals surface area contributed by atoms with E-state index in [2.05, 4.69) is 10.1 Å². The topological polar surface area (TPSA) is 79.0 Å². The molecule has 0 saturated heterocycles. The number of hydrogen-bond acceptors (Lipinski definition) is 5. The first-order chi connectivity index (χ1) is 12.2. The number of halogens is 4. The van der Waals surface area contributed by atoms with Gasteiger partial charge in [0.2, 0.25) is 0 Å². The van der Waals surface area contributed by atoms with Crippen LogP contribution in [0, 0.1) is 0 Å². The highest BCUT2D eigenvalue weighted by Crippen LogP contribution is 2.34. The number of aryl methyl sites for hydroxylation is 1. The fourth-order valence-electron chi connectivity index (χ4n) is 2.93. The first kappa shape index (κ1) is 18.4. The Bertz CT molecular complexity index is 907. The fraction of sp³-hybridized carbons (Fsp3) is 0.467. The van der Waals surface area contributed by atoms with E-state index >= 15 is 0 Å². The Morgan fingerprint density at radius 3 is 2.85 bits per heavy atom. The Morgan fingerprint density at radius 1 is 1.46 bits per heavy atom. The number of fused-ring (bicyclic) bond motifs is 1. The van der Waals surface area contributed by atoms with Crippen LogP contribution in [0.2, 0.25) is 5.02 Å². The molecule has 0 N–H and O–H groups in total. The number of alkyl halides is 3. The summed E-state index contributed by atoms with van der Waals surface area (Å²) in [5, 5.41) is 3.61. The maximum atomic E-state index is 13.0. The number of pyridine rings is 1. The molecule has 0 bridgehead atoms. The molecular weight excluding hydrogens is 377 g/mol. The molecule has 0 saturated carbocycles. The van der Waals surface area contributed by atoms with Crippen molar-refractivity contribution >= 4 is 17.6 Å². The molecule has 0 unspecified atom stereocenters. The summed E-state index contributed by atoms with van der Waals surface area (Å²) in [4.78, 5) is 28.3. The molecule has 3 heterocycles. The fourth-order valence-corrected chi connectivity index (χ4v) is 3.14. The normalized spacial score (nSPS) is 17.0. The number of esters is 1. The van der Waals surface area contributed by atoms with Crippen LogP contribution in [0.15, 0.2) is 17.1 Å². The second-order valence-corrected chi connectivity index (χ2v) is 6.22. The van der Waals surface area contributed by atoms with Gasteiger partial charge in [0.1, 0.15) is 11.9 Å². The van der Waals surface area contributed by atoms with E-state index in [-0.39, 0.29) is 12.2 Å². The molecule has 2 aromatic rings. The van der Waals surface area contributed by atoms with Crippen LogP contribution in [0.25, 0.3) is 0 Å². The third kappa shape index (κ3) is 3.33. The number of methoxy groups -OCH3 is 1. The van der Waals surface area contributed by atoms with E-state index in [1.165, 1.54) is 11.7 Å². The molecule has 0 fully saturated rings. The molecular formula is C15H14ClF3N4O3. The third-order valence-corrected chi connectivity index (χ3v) is 4.43. The highest BCUT2D eigenvalue weighted by Gasteiger charge is 2.34. The molecule has 1 atom stereocenters. The number of nitrogens with zero attached hydrogens (tertiary/aromatic N) is 4. The highest BCUT2D eigenvalue weighted by molar-refractivity contribution is 6.31. The second kappa shape index (κ2) is 6.75. The van der Waals surface area contributed by atoms with Crippen molar-refractivity contribution in [2.75, 3.05) is 7.11 Å². The van der Waals surface area contributed by atoms with Crippen molar-refractivity contribution in [3.8, 4) is 0 Å². The van der Waals surface area contributed by atoms with E-state index in [0.717, 1.165) is 16.9 Å². The quantitative estimate of drug-likeness (QED) is 0.751. The van der Waals surface area contributed by atoms with Crippen molar-refractivity contribution in [1.82, 2.24) is 19.3 Å². The molecule has 0 radical (unpaired) electrons. The Hall–Kier alpha value is -2.36. The van der Waals surface area contributed by atoms with Crippen molar-refractivity contribution in [3.05, 3.63) is 44.9 Å². The van der Waals surface area contributed by atoms with E-state index in [9.17, 15) is 22.8 Å². The largest absolute Gasteiger partial charge is 0.467 e. The molecule has 1 aliphatic heterocycles. The number of aromatic nitrogens is 4. The summed E-state index contributed by atoms with van der Waals surface area (Å²) in [5.74, 6) is -0.168. The number of hydrogen-bond donors (Lipinski definition) is 0. The van der Waals surface area contributed by atoms with Crippen molar-refractivity contribution in [3.63, 3.8) is 0 Å². The molecule has 0 aromatic carbocycles. The molecule has 0 amide bonds. The number of carbonyl (C=O) groups is 1. The molecule has 2 aromatic heterocycles. The lowest BCUT2D eigenvalue weighted by Crippen LogP contribution is -2.35. The van der Waals surface area contributed by atoms with Crippen LogP contribution in [0.5, 0.6) is 0 Å². The molecule has 11 heteroatoms. The lowest BCUT2D eigenvalue weighted by atomic mass is 10.1. The Morgan fingerprint density at radius 2 is 2.19 bits per heavy atom. The molecule has 26 heavy (non-hydrogen) atoms. The van der Waals surface area contributed by atoms with Gasteiger partial charge in [0, 0.05) is 12.6 Å². The van der Waals surface area contributed by atoms with Gasteiger partial charge in [-0.2, -0.15) is 18.3 Å². The minimum Gasteiger partial charge on any atom is -0.467 e. The van der Waals surface area contributed by atoms with Crippen LogP contribution in [0.3, 0.4) is 0 Å². The van der Waals surface area contributed by atoms with Crippen LogP contribution < -0.4 is 5.69 Å². The van der Waals surface area contributed by atoms with Gasteiger partial charge in [-0.25, -0.2) is 14.3 Å². The van der Waals surface area contributed by atoms with Crippen LogP contribution in [-0.4, -0.2) is 32.4 Å². The van der Waals surface area contributed by atoms with E-state index < -0.39 is 34.5 Å². The predicted octanol–water partition coefficient (Wildman–Crippen LogP) is 2.21. The predicted molar refractivity (Wildman–Crippen MR) is 83.8 cm³/mol. The van der Waals surface area contributed by atoms with Crippen LogP contribution in [0.4, 0.5) is 13.2 Å². The zero-order chi connectivity index (χ0) is 19.1. The SMILES string of the molecule is COC(=O)[C@H]1CCCc2nn(Cc3cc(C(F)(F)F)c(Cl)cn3)c(=O)n21. The minimum atomic E-state index is -4.64. The second-order valence-electron chi connectivity index (χ2n) is 5.81. The van der Waals surface area contributed by atoms with E-state index in [0.29, 0.717) is 25.1 Å². The van der Waals surface area contributed by atoms with Crippen molar-refractivity contribution < 1.29 is 22.7 Å². The van der Waals surface area contributed by atoms with E-state index in [4.69, 9.17) is 16.3 Å². The summed E-state index contributed by atoms with van der Waals surface area (Å²) in [7, 11) is 1.22. The monoisotopic (exact) mass is 390 g/mol. The first-order valence-corrected chi connectivity index (χ1v) is 8.08. The van der Waals surface area contributed by atoms with Crippen LogP contribution in [-0.2, 0) is 28.7 Å². The van der Waals surface area contributed by atoms with Gasteiger partial charge in [-0.05, 0) is 18.9 Å². The van der Waals surface area contributed by atoms with Gasteiger partial charge in [-0.15, -0.1) is 0 Å². The number of carbonyl (C=O) groups excluding carboxylic acids is 1. The smallest absolute Gasteiger partial charge is 0.417 e. The Kier molecular flexibility index (Phi) is 4.78. The summed E-state index contributed by atoms with van der Waals surface area (Å²) >= 11 is 5.55. The Balaban J connectivity index is 1.97. The maximum absolute atomic E-state index is 13.0. The van der Waals surface area contributed by atoms with Gasteiger partial charge in [-0.1, -0.05) is 11.6 Å². The van der Waals surface area contributed by atoms with Crippen molar-refractivity contribution in [2.24, 2.45) is 0 Å². The average Bonchev–Trinajstić information content (AvgIpc) is 2.91. The zero-order valence-electron chi connectivity index (χ0n) is 13.6. The zero-order valence-corrected chi connectivity index (χ0v) is 14.3. The standard InChI is InChI=1S/C15H14ClF3N4O3/c1-26-13(24)11-3-2-4-12-21-22(14(25)23(11)12)7-8-5-9(15(17,18)19)10(16)6-20-8/h5-6,11H,2-4,7H2,1H3/t11-/m1/s1.